The zero-order valence-corrected chi connectivity index (χ0v) is 15.6. The molecule has 6 rings (SSSR count). The first-order valence-corrected chi connectivity index (χ1v) is 10.1. The van der Waals surface area contributed by atoms with Gasteiger partial charge in [0.25, 0.3) is 5.91 Å². The molecule has 140 valence electrons. The van der Waals surface area contributed by atoms with E-state index in [2.05, 4.69) is 10.00 Å². The highest BCUT2D eigenvalue weighted by Gasteiger charge is 2.55. The molecule has 0 aromatic carbocycles. The highest BCUT2D eigenvalue weighted by Crippen LogP contribution is 2.60. The van der Waals surface area contributed by atoms with E-state index in [9.17, 15) is 9.59 Å². The van der Waals surface area contributed by atoms with Crippen LogP contribution in [0.25, 0.3) is 0 Å². The third kappa shape index (κ3) is 2.57. The Hall–Kier alpha value is -1.85. The number of amides is 2. The highest BCUT2D eigenvalue weighted by molar-refractivity contribution is 5.94. The summed E-state index contributed by atoms with van der Waals surface area (Å²) in [5, 5.41) is 4.09. The summed E-state index contributed by atoms with van der Waals surface area (Å²) in [7, 11) is 1.82. The molecule has 0 unspecified atom stereocenters. The summed E-state index contributed by atoms with van der Waals surface area (Å²) in [5.74, 6) is 2.79. The predicted octanol–water partition coefficient (Wildman–Crippen LogP) is 1.92. The van der Waals surface area contributed by atoms with Crippen molar-refractivity contribution in [3.8, 4) is 0 Å². The van der Waals surface area contributed by atoms with Gasteiger partial charge in [0.2, 0.25) is 5.91 Å². The molecule has 4 bridgehead atoms. The summed E-state index contributed by atoms with van der Waals surface area (Å²) >= 11 is 0. The van der Waals surface area contributed by atoms with Crippen LogP contribution in [0.4, 0.5) is 0 Å². The Morgan fingerprint density at radius 2 is 1.50 bits per heavy atom. The lowest BCUT2D eigenvalue weighted by Gasteiger charge is -2.57. The average molecular weight is 356 g/mol. The van der Waals surface area contributed by atoms with Crippen molar-refractivity contribution in [2.45, 2.75) is 38.5 Å². The van der Waals surface area contributed by atoms with E-state index in [1.165, 1.54) is 19.3 Å². The molecule has 1 aromatic rings. The predicted molar refractivity (Wildman–Crippen MR) is 96.3 cm³/mol. The van der Waals surface area contributed by atoms with Crippen LogP contribution < -0.4 is 0 Å². The van der Waals surface area contributed by atoms with E-state index >= 15 is 0 Å². The normalized spacial score (nSPS) is 35.8. The maximum Gasteiger partial charge on any atom is 0.257 e. The van der Waals surface area contributed by atoms with Crippen molar-refractivity contribution >= 4 is 11.8 Å². The number of aryl methyl sites for hydroxylation is 1. The second-order valence-corrected chi connectivity index (χ2v) is 9.18. The van der Waals surface area contributed by atoms with Crippen molar-refractivity contribution < 1.29 is 9.59 Å². The van der Waals surface area contributed by atoms with Crippen LogP contribution in [-0.2, 0) is 11.8 Å². The molecule has 5 fully saturated rings. The van der Waals surface area contributed by atoms with Crippen LogP contribution >= 0.6 is 0 Å². The Morgan fingerprint density at radius 3 is 2.00 bits per heavy atom. The van der Waals surface area contributed by atoms with Gasteiger partial charge in [-0.25, -0.2) is 0 Å². The lowest BCUT2D eigenvalue weighted by molar-refractivity contribution is -0.159. The number of hydrogen-bond donors (Lipinski definition) is 0. The van der Waals surface area contributed by atoms with Gasteiger partial charge in [-0.1, -0.05) is 0 Å². The molecule has 1 saturated heterocycles. The molecule has 6 heteroatoms. The molecule has 2 heterocycles. The Labute approximate surface area is 154 Å². The number of piperazine rings is 1. The van der Waals surface area contributed by atoms with Gasteiger partial charge >= 0.3 is 0 Å². The fourth-order valence-electron chi connectivity index (χ4n) is 6.53. The number of aromatic nitrogens is 2. The summed E-state index contributed by atoms with van der Waals surface area (Å²) < 4.78 is 1.65. The summed E-state index contributed by atoms with van der Waals surface area (Å²) in [6.45, 7) is 2.61. The van der Waals surface area contributed by atoms with E-state index < -0.39 is 0 Å². The molecule has 6 nitrogen and oxygen atoms in total. The molecule has 1 aromatic heterocycles. The number of carbonyl (C=O) groups is 2. The Bertz CT molecular complexity index is 697. The van der Waals surface area contributed by atoms with Gasteiger partial charge in [0.15, 0.2) is 0 Å². The quantitative estimate of drug-likeness (QED) is 0.813. The number of rotatable bonds is 2. The van der Waals surface area contributed by atoms with Crippen molar-refractivity contribution in [3.05, 3.63) is 18.0 Å². The molecule has 26 heavy (non-hydrogen) atoms. The van der Waals surface area contributed by atoms with Crippen LogP contribution in [0.1, 0.15) is 48.9 Å². The van der Waals surface area contributed by atoms with Crippen molar-refractivity contribution in [2.24, 2.45) is 30.2 Å². The summed E-state index contributed by atoms with van der Waals surface area (Å²) in [6.07, 6.45) is 10.8. The minimum atomic E-state index is -0.0652. The SMILES string of the molecule is Cn1cc(C(=O)N2CCN(C(=O)C34CC5CC(CC(C5)C3)C4)CC2)cn1. The minimum absolute atomic E-state index is 0.0278. The van der Waals surface area contributed by atoms with Crippen LogP contribution in [0.3, 0.4) is 0 Å². The first-order valence-electron chi connectivity index (χ1n) is 10.1. The van der Waals surface area contributed by atoms with Crippen molar-refractivity contribution in [2.75, 3.05) is 26.2 Å². The fourth-order valence-corrected chi connectivity index (χ4v) is 6.53. The third-order valence-corrected chi connectivity index (χ3v) is 7.30. The van der Waals surface area contributed by atoms with Crippen LogP contribution in [0.2, 0.25) is 0 Å². The summed E-state index contributed by atoms with van der Waals surface area (Å²) in [6, 6.07) is 0. The van der Waals surface area contributed by atoms with Gasteiger partial charge in [0, 0.05) is 39.4 Å². The summed E-state index contributed by atoms with van der Waals surface area (Å²) in [5.41, 5.74) is 0.568. The lowest BCUT2D eigenvalue weighted by atomic mass is 9.49. The van der Waals surface area contributed by atoms with E-state index in [0.717, 1.165) is 37.0 Å². The molecule has 0 spiro atoms. The smallest absolute Gasteiger partial charge is 0.257 e. The second kappa shape index (κ2) is 5.83. The van der Waals surface area contributed by atoms with Gasteiger partial charge < -0.3 is 9.80 Å². The van der Waals surface area contributed by atoms with Gasteiger partial charge in [-0.05, 0) is 56.3 Å². The van der Waals surface area contributed by atoms with Crippen LogP contribution in [-0.4, -0.2) is 57.6 Å². The largest absolute Gasteiger partial charge is 0.339 e. The third-order valence-electron chi connectivity index (χ3n) is 7.30. The Morgan fingerprint density at radius 1 is 0.962 bits per heavy atom. The molecule has 1 aliphatic heterocycles. The zero-order chi connectivity index (χ0) is 17.9. The molecule has 2 amide bonds. The fraction of sp³-hybridized carbons (Fsp3) is 0.750. The van der Waals surface area contributed by atoms with Crippen LogP contribution in [0, 0.1) is 23.2 Å². The van der Waals surface area contributed by atoms with E-state index in [4.69, 9.17) is 0 Å². The molecule has 4 saturated carbocycles. The summed E-state index contributed by atoms with van der Waals surface area (Å²) in [4.78, 5) is 29.9. The van der Waals surface area contributed by atoms with Gasteiger partial charge in [-0.2, -0.15) is 5.10 Å². The number of nitrogens with zero attached hydrogens (tertiary/aromatic N) is 4. The van der Waals surface area contributed by atoms with Gasteiger partial charge in [0.05, 0.1) is 17.2 Å². The molecule has 0 N–H and O–H groups in total. The minimum Gasteiger partial charge on any atom is -0.339 e. The standard InChI is InChI=1S/C20H28N4O2/c1-22-13-17(12-21-22)18(25)23-2-4-24(5-3-23)19(26)20-9-14-6-15(10-20)8-16(7-14)11-20/h12-16H,2-11H2,1H3. The molecular formula is C20H28N4O2. The van der Waals surface area contributed by atoms with E-state index in [1.54, 1.807) is 17.1 Å². The molecule has 5 aliphatic rings. The highest BCUT2D eigenvalue weighted by atomic mass is 16.2. The van der Waals surface area contributed by atoms with E-state index in [-0.39, 0.29) is 11.3 Å². The van der Waals surface area contributed by atoms with E-state index in [0.29, 0.717) is 37.6 Å². The maximum atomic E-state index is 13.4. The zero-order valence-electron chi connectivity index (χ0n) is 15.6. The Balaban J connectivity index is 1.24. The second-order valence-electron chi connectivity index (χ2n) is 9.18. The van der Waals surface area contributed by atoms with Crippen LogP contribution in [0.5, 0.6) is 0 Å². The van der Waals surface area contributed by atoms with Crippen molar-refractivity contribution in [1.29, 1.82) is 0 Å². The van der Waals surface area contributed by atoms with Gasteiger partial charge in [-0.15, -0.1) is 0 Å². The topological polar surface area (TPSA) is 58.4 Å². The first kappa shape index (κ1) is 16.3. The van der Waals surface area contributed by atoms with Crippen LogP contribution in [0.15, 0.2) is 12.4 Å². The maximum absolute atomic E-state index is 13.4. The van der Waals surface area contributed by atoms with E-state index in [1.807, 2.05) is 11.9 Å². The number of hydrogen-bond acceptors (Lipinski definition) is 3. The average Bonchev–Trinajstić information content (AvgIpc) is 3.06. The molecular weight excluding hydrogens is 328 g/mol. The lowest BCUT2D eigenvalue weighted by Crippen LogP contribution is -2.58. The molecule has 0 atom stereocenters. The molecule has 0 radical (unpaired) electrons. The Kier molecular flexibility index (Phi) is 3.66. The van der Waals surface area contributed by atoms with Gasteiger partial charge in [0.1, 0.15) is 0 Å². The van der Waals surface area contributed by atoms with Crippen molar-refractivity contribution in [3.63, 3.8) is 0 Å². The number of carbonyl (C=O) groups excluding carboxylic acids is 2. The first-order chi connectivity index (χ1) is 12.5. The monoisotopic (exact) mass is 356 g/mol. The van der Waals surface area contributed by atoms with Gasteiger partial charge in [-0.3, -0.25) is 14.3 Å². The van der Waals surface area contributed by atoms with Crippen molar-refractivity contribution in [1.82, 2.24) is 19.6 Å². The molecule has 4 aliphatic carbocycles.